The molecule has 2 rings (SSSR count). The molecule has 0 radical (unpaired) electrons. The fourth-order valence-electron chi connectivity index (χ4n) is 1.61. The number of fused-ring (bicyclic) bond motifs is 1. The van der Waals surface area contributed by atoms with E-state index in [1.54, 1.807) is 0 Å². The Kier molecular flexibility index (Phi) is 2.17. The zero-order valence-corrected chi connectivity index (χ0v) is 7.40. The number of allylic oxidation sites excluding steroid dienone is 1. The van der Waals surface area contributed by atoms with Gasteiger partial charge in [-0.05, 0) is 29.2 Å². The molecule has 2 heteroatoms. The average molecular weight is 175 g/mol. The van der Waals surface area contributed by atoms with E-state index in [0.717, 1.165) is 12.0 Å². The van der Waals surface area contributed by atoms with Gasteiger partial charge in [-0.15, -0.1) is 0 Å². The highest BCUT2D eigenvalue weighted by molar-refractivity contribution is 5.60. The van der Waals surface area contributed by atoms with Crippen LogP contribution in [0, 0.1) is 0 Å². The first-order valence-corrected chi connectivity index (χ1v) is 4.49. The standard InChI is InChI=1S/C11H13NO/c12-7-11(13)10-5-4-8-2-1-3-9(8)6-10/h1,3-6,11,13H,2,7,12H2. The Bertz CT molecular complexity index is 344. The minimum Gasteiger partial charge on any atom is -0.387 e. The van der Waals surface area contributed by atoms with Gasteiger partial charge in [0.25, 0.3) is 0 Å². The van der Waals surface area contributed by atoms with E-state index < -0.39 is 6.10 Å². The molecule has 0 amide bonds. The molecule has 1 aromatic carbocycles. The molecule has 0 spiro atoms. The molecule has 1 aliphatic carbocycles. The highest BCUT2D eigenvalue weighted by atomic mass is 16.3. The summed E-state index contributed by atoms with van der Waals surface area (Å²) in [5, 5.41) is 9.51. The van der Waals surface area contributed by atoms with E-state index in [4.69, 9.17) is 5.73 Å². The van der Waals surface area contributed by atoms with Gasteiger partial charge in [-0.2, -0.15) is 0 Å². The molecule has 2 nitrogen and oxygen atoms in total. The summed E-state index contributed by atoms with van der Waals surface area (Å²) in [7, 11) is 0. The number of benzene rings is 1. The molecule has 1 aliphatic rings. The molecule has 0 bridgehead atoms. The van der Waals surface area contributed by atoms with Gasteiger partial charge in [0.15, 0.2) is 0 Å². The van der Waals surface area contributed by atoms with Crippen LogP contribution in [0.15, 0.2) is 24.3 Å². The first-order valence-electron chi connectivity index (χ1n) is 4.49. The highest BCUT2D eigenvalue weighted by Gasteiger charge is 2.09. The lowest BCUT2D eigenvalue weighted by Crippen LogP contribution is -2.11. The Labute approximate surface area is 77.7 Å². The minimum atomic E-state index is -0.528. The molecule has 0 aliphatic heterocycles. The van der Waals surface area contributed by atoms with Gasteiger partial charge in [-0.3, -0.25) is 0 Å². The smallest absolute Gasteiger partial charge is 0.0912 e. The van der Waals surface area contributed by atoms with Crippen molar-refractivity contribution in [3.63, 3.8) is 0 Å². The topological polar surface area (TPSA) is 46.2 Å². The van der Waals surface area contributed by atoms with Gasteiger partial charge in [0.1, 0.15) is 0 Å². The number of hydrogen-bond acceptors (Lipinski definition) is 2. The summed E-state index contributed by atoms with van der Waals surface area (Å²) in [6, 6.07) is 6.02. The summed E-state index contributed by atoms with van der Waals surface area (Å²) in [5.41, 5.74) is 8.83. The average Bonchev–Trinajstić information content (AvgIpc) is 2.63. The lowest BCUT2D eigenvalue weighted by molar-refractivity contribution is 0.186. The van der Waals surface area contributed by atoms with E-state index in [0.29, 0.717) is 0 Å². The largest absolute Gasteiger partial charge is 0.387 e. The molecule has 0 fully saturated rings. The SMILES string of the molecule is NCC(O)c1ccc2c(c1)C=CC2. The van der Waals surface area contributed by atoms with Crippen molar-refractivity contribution in [2.24, 2.45) is 5.73 Å². The summed E-state index contributed by atoms with van der Waals surface area (Å²) in [5.74, 6) is 0. The van der Waals surface area contributed by atoms with Gasteiger partial charge in [0, 0.05) is 6.54 Å². The van der Waals surface area contributed by atoms with E-state index in [-0.39, 0.29) is 6.54 Å². The van der Waals surface area contributed by atoms with Crippen LogP contribution in [0.3, 0.4) is 0 Å². The number of hydrogen-bond donors (Lipinski definition) is 2. The Morgan fingerprint density at radius 2 is 2.31 bits per heavy atom. The Morgan fingerprint density at radius 3 is 3.08 bits per heavy atom. The molecular weight excluding hydrogens is 162 g/mol. The van der Waals surface area contributed by atoms with Crippen LogP contribution in [0.25, 0.3) is 6.08 Å². The van der Waals surface area contributed by atoms with Crippen LogP contribution in [0.4, 0.5) is 0 Å². The summed E-state index contributed by atoms with van der Waals surface area (Å²) in [4.78, 5) is 0. The third-order valence-electron chi connectivity index (χ3n) is 2.41. The van der Waals surface area contributed by atoms with E-state index in [1.165, 1.54) is 11.1 Å². The zero-order chi connectivity index (χ0) is 9.26. The van der Waals surface area contributed by atoms with Crippen molar-refractivity contribution in [3.05, 3.63) is 41.0 Å². The second-order valence-corrected chi connectivity index (χ2v) is 3.32. The van der Waals surface area contributed by atoms with Crippen molar-refractivity contribution in [1.29, 1.82) is 0 Å². The van der Waals surface area contributed by atoms with Crippen LogP contribution in [0.5, 0.6) is 0 Å². The minimum absolute atomic E-state index is 0.280. The van der Waals surface area contributed by atoms with Crippen molar-refractivity contribution < 1.29 is 5.11 Å². The molecule has 1 aromatic rings. The Balaban J connectivity index is 2.35. The fourth-order valence-corrected chi connectivity index (χ4v) is 1.61. The number of aliphatic hydroxyl groups excluding tert-OH is 1. The van der Waals surface area contributed by atoms with Crippen molar-refractivity contribution in [2.75, 3.05) is 6.54 Å². The van der Waals surface area contributed by atoms with Crippen molar-refractivity contribution in [1.82, 2.24) is 0 Å². The first-order chi connectivity index (χ1) is 6.31. The van der Waals surface area contributed by atoms with Gasteiger partial charge in [0.05, 0.1) is 6.10 Å². The van der Waals surface area contributed by atoms with Gasteiger partial charge in [-0.1, -0.05) is 24.3 Å². The normalized spacial score (nSPS) is 15.8. The molecule has 0 saturated heterocycles. The maximum absolute atomic E-state index is 9.51. The second-order valence-electron chi connectivity index (χ2n) is 3.32. The first kappa shape index (κ1) is 8.48. The molecule has 3 N–H and O–H groups in total. The maximum atomic E-state index is 9.51. The molecule has 1 atom stereocenters. The lowest BCUT2D eigenvalue weighted by atomic mass is 10.0. The molecule has 0 aromatic heterocycles. The van der Waals surface area contributed by atoms with Crippen molar-refractivity contribution in [2.45, 2.75) is 12.5 Å². The van der Waals surface area contributed by atoms with E-state index >= 15 is 0 Å². The van der Waals surface area contributed by atoms with Crippen LogP contribution in [-0.4, -0.2) is 11.7 Å². The van der Waals surface area contributed by atoms with Crippen LogP contribution in [0.1, 0.15) is 22.8 Å². The molecular formula is C11H13NO. The summed E-state index contributed by atoms with van der Waals surface area (Å²) < 4.78 is 0. The number of nitrogens with two attached hydrogens (primary N) is 1. The van der Waals surface area contributed by atoms with Gasteiger partial charge in [0.2, 0.25) is 0 Å². The van der Waals surface area contributed by atoms with Crippen molar-refractivity contribution in [3.8, 4) is 0 Å². The molecule has 1 unspecified atom stereocenters. The van der Waals surface area contributed by atoms with Gasteiger partial charge >= 0.3 is 0 Å². The maximum Gasteiger partial charge on any atom is 0.0912 e. The van der Waals surface area contributed by atoms with E-state index in [2.05, 4.69) is 18.2 Å². The summed E-state index contributed by atoms with van der Waals surface area (Å²) in [6.07, 6.45) is 4.69. The van der Waals surface area contributed by atoms with Crippen LogP contribution in [-0.2, 0) is 6.42 Å². The van der Waals surface area contributed by atoms with E-state index in [1.807, 2.05) is 12.1 Å². The quantitative estimate of drug-likeness (QED) is 0.710. The predicted molar refractivity (Wildman–Crippen MR) is 53.2 cm³/mol. The van der Waals surface area contributed by atoms with Crippen LogP contribution < -0.4 is 5.73 Å². The van der Waals surface area contributed by atoms with Crippen LogP contribution in [0.2, 0.25) is 0 Å². The second kappa shape index (κ2) is 3.32. The Hall–Kier alpha value is -1.12. The third kappa shape index (κ3) is 1.50. The highest BCUT2D eigenvalue weighted by Crippen LogP contribution is 2.23. The van der Waals surface area contributed by atoms with Gasteiger partial charge in [-0.25, -0.2) is 0 Å². The van der Waals surface area contributed by atoms with Crippen LogP contribution >= 0.6 is 0 Å². The third-order valence-corrected chi connectivity index (χ3v) is 2.41. The van der Waals surface area contributed by atoms with Gasteiger partial charge < -0.3 is 10.8 Å². The molecule has 0 saturated carbocycles. The summed E-state index contributed by atoms with van der Waals surface area (Å²) in [6.45, 7) is 0.280. The monoisotopic (exact) mass is 175 g/mol. The predicted octanol–water partition coefficient (Wildman–Crippen LogP) is 1.25. The number of aliphatic hydroxyl groups is 1. The lowest BCUT2D eigenvalue weighted by Gasteiger charge is -2.09. The summed E-state index contributed by atoms with van der Waals surface area (Å²) >= 11 is 0. The zero-order valence-electron chi connectivity index (χ0n) is 7.40. The molecule has 68 valence electrons. The van der Waals surface area contributed by atoms with Crippen molar-refractivity contribution >= 4 is 6.08 Å². The Morgan fingerprint density at radius 1 is 1.46 bits per heavy atom. The van der Waals surface area contributed by atoms with E-state index in [9.17, 15) is 5.11 Å². The molecule has 13 heavy (non-hydrogen) atoms. The number of rotatable bonds is 2. The molecule has 0 heterocycles. The fraction of sp³-hybridized carbons (Fsp3) is 0.273.